The minimum absolute atomic E-state index is 0.165. The lowest BCUT2D eigenvalue weighted by Crippen LogP contribution is -2.39. The highest BCUT2D eigenvalue weighted by atomic mass is 19.1. The molecule has 2 heterocycles. The molecule has 5 heteroatoms. The predicted octanol–water partition coefficient (Wildman–Crippen LogP) is 4.33. The van der Waals surface area contributed by atoms with Crippen molar-refractivity contribution in [1.82, 2.24) is 9.88 Å². The van der Waals surface area contributed by atoms with Crippen LogP contribution < -0.4 is 0 Å². The number of likely N-dealkylation sites (tertiary alicyclic amines) is 1. The van der Waals surface area contributed by atoms with Gasteiger partial charge in [-0.25, -0.2) is 4.39 Å². The largest absolute Gasteiger partial charge is 0.480 e. The third-order valence-electron chi connectivity index (χ3n) is 5.99. The molecule has 1 saturated carbocycles. The summed E-state index contributed by atoms with van der Waals surface area (Å²) >= 11 is 0. The van der Waals surface area contributed by atoms with Crippen molar-refractivity contribution in [3.8, 4) is 0 Å². The second-order valence-corrected chi connectivity index (χ2v) is 9.06. The van der Waals surface area contributed by atoms with Gasteiger partial charge in [0.15, 0.2) is 0 Å². The van der Waals surface area contributed by atoms with E-state index in [1.807, 2.05) is 0 Å². The number of carboxylic acids is 1. The summed E-state index contributed by atoms with van der Waals surface area (Å²) in [6.07, 6.45) is 4.93. The normalized spacial score (nSPS) is 29.8. The predicted molar refractivity (Wildman–Crippen MR) is 94.9 cm³/mol. The number of aromatic nitrogens is 1. The van der Waals surface area contributed by atoms with E-state index in [9.17, 15) is 14.3 Å². The molecular formula is C20H25FN2O2. The zero-order valence-corrected chi connectivity index (χ0v) is 15.0. The van der Waals surface area contributed by atoms with Crippen molar-refractivity contribution in [3.05, 3.63) is 35.8 Å². The van der Waals surface area contributed by atoms with Gasteiger partial charge in [-0.05, 0) is 48.3 Å². The monoisotopic (exact) mass is 344 g/mol. The number of rotatable bonds is 3. The van der Waals surface area contributed by atoms with Crippen molar-refractivity contribution in [3.63, 3.8) is 0 Å². The molecule has 0 unspecified atom stereocenters. The SMILES string of the molecule is CC1(C)C[C@H]2C[C@@](C)(CN2[C@@H](C(=O)O)c2c[nH]c3cc(F)ccc23)C1. The van der Waals surface area contributed by atoms with Crippen LogP contribution in [0.3, 0.4) is 0 Å². The Hall–Kier alpha value is -1.88. The van der Waals surface area contributed by atoms with Crippen LogP contribution in [-0.2, 0) is 4.79 Å². The van der Waals surface area contributed by atoms with Crippen molar-refractivity contribution in [2.24, 2.45) is 10.8 Å². The molecule has 2 aliphatic rings. The van der Waals surface area contributed by atoms with Crippen LogP contribution in [0.15, 0.2) is 24.4 Å². The van der Waals surface area contributed by atoms with E-state index in [1.54, 1.807) is 12.3 Å². The minimum atomic E-state index is -0.834. The molecule has 4 rings (SSSR count). The lowest BCUT2D eigenvalue weighted by molar-refractivity contribution is -0.144. The minimum Gasteiger partial charge on any atom is -0.480 e. The Labute approximate surface area is 147 Å². The molecule has 0 radical (unpaired) electrons. The number of H-pyrrole nitrogens is 1. The van der Waals surface area contributed by atoms with E-state index in [-0.39, 0.29) is 22.7 Å². The van der Waals surface area contributed by atoms with Crippen molar-refractivity contribution in [1.29, 1.82) is 0 Å². The lowest BCUT2D eigenvalue weighted by atomic mass is 9.65. The molecule has 2 N–H and O–H groups in total. The van der Waals surface area contributed by atoms with Crippen LogP contribution in [0.1, 0.15) is 51.6 Å². The molecule has 0 spiro atoms. The summed E-state index contributed by atoms with van der Waals surface area (Å²) in [4.78, 5) is 17.4. The van der Waals surface area contributed by atoms with Crippen LogP contribution >= 0.6 is 0 Å². The molecule has 134 valence electrons. The van der Waals surface area contributed by atoms with Gasteiger partial charge in [-0.3, -0.25) is 9.69 Å². The Morgan fingerprint density at radius 3 is 2.84 bits per heavy atom. The van der Waals surface area contributed by atoms with Crippen LogP contribution in [0.2, 0.25) is 0 Å². The van der Waals surface area contributed by atoms with E-state index >= 15 is 0 Å². The highest BCUT2D eigenvalue weighted by molar-refractivity contribution is 5.89. The Morgan fingerprint density at radius 1 is 1.36 bits per heavy atom. The van der Waals surface area contributed by atoms with Gasteiger partial charge in [0, 0.05) is 35.2 Å². The zero-order chi connectivity index (χ0) is 18.0. The molecule has 4 nitrogen and oxygen atoms in total. The molecule has 25 heavy (non-hydrogen) atoms. The fourth-order valence-corrected chi connectivity index (χ4v) is 5.61. The maximum absolute atomic E-state index is 13.5. The van der Waals surface area contributed by atoms with Gasteiger partial charge in [0.25, 0.3) is 0 Å². The molecular weight excluding hydrogens is 319 g/mol. The van der Waals surface area contributed by atoms with E-state index in [4.69, 9.17) is 0 Å². The van der Waals surface area contributed by atoms with Crippen molar-refractivity contribution in [2.45, 2.75) is 52.1 Å². The molecule has 1 aromatic heterocycles. The van der Waals surface area contributed by atoms with E-state index in [2.05, 4.69) is 30.7 Å². The Kier molecular flexibility index (Phi) is 3.52. The fraction of sp³-hybridized carbons (Fsp3) is 0.550. The molecule has 3 atom stereocenters. The van der Waals surface area contributed by atoms with Crippen LogP contribution in [0.25, 0.3) is 10.9 Å². The Morgan fingerprint density at radius 2 is 2.12 bits per heavy atom. The lowest BCUT2D eigenvalue weighted by Gasteiger charge is -2.40. The number of halogens is 1. The number of nitrogens with one attached hydrogen (secondary N) is 1. The molecule has 2 aromatic rings. The van der Waals surface area contributed by atoms with Gasteiger partial charge < -0.3 is 10.1 Å². The quantitative estimate of drug-likeness (QED) is 0.871. The number of hydrogen-bond donors (Lipinski definition) is 2. The van der Waals surface area contributed by atoms with Crippen LogP contribution in [0, 0.1) is 16.6 Å². The first-order valence-corrected chi connectivity index (χ1v) is 8.93. The summed E-state index contributed by atoms with van der Waals surface area (Å²) in [5.41, 5.74) is 1.78. The summed E-state index contributed by atoms with van der Waals surface area (Å²) in [6, 6.07) is 4.08. The Bertz CT molecular complexity index is 843. The fourth-order valence-electron chi connectivity index (χ4n) is 5.61. The number of hydrogen-bond acceptors (Lipinski definition) is 2. The van der Waals surface area contributed by atoms with E-state index in [0.29, 0.717) is 5.52 Å². The molecule has 2 fully saturated rings. The van der Waals surface area contributed by atoms with Gasteiger partial charge in [0.1, 0.15) is 11.9 Å². The van der Waals surface area contributed by atoms with Gasteiger partial charge in [0.05, 0.1) is 0 Å². The van der Waals surface area contributed by atoms with E-state index < -0.39 is 12.0 Å². The third-order valence-corrected chi connectivity index (χ3v) is 5.99. The molecule has 1 aliphatic heterocycles. The summed E-state index contributed by atoms with van der Waals surface area (Å²) in [5.74, 6) is -1.15. The van der Waals surface area contributed by atoms with Gasteiger partial charge in [0.2, 0.25) is 0 Å². The highest BCUT2D eigenvalue weighted by Crippen LogP contribution is 2.54. The van der Waals surface area contributed by atoms with E-state index in [1.165, 1.54) is 12.1 Å². The Balaban J connectivity index is 1.76. The van der Waals surface area contributed by atoms with Crippen LogP contribution in [0.5, 0.6) is 0 Å². The first-order valence-electron chi connectivity index (χ1n) is 8.93. The van der Waals surface area contributed by atoms with Gasteiger partial charge in [-0.1, -0.05) is 20.8 Å². The van der Waals surface area contributed by atoms with E-state index in [0.717, 1.165) is 36.8 Å². The number of benzene rings is 1. The van der Waals surface area contributed by atoms with Crippen molar-refractivity contribution >= 4 is 16.9 Å². The van der Waals surface area contributed by atoms with Gasteiger partial charge in [-0.15, -0.1) is 0 Å². The second kappa shape index (κ2) is 5.31. The third kappa shape index (κ3) is 2.74. The highest BCUT2D eigenvalue weighted by Gasteiger charge is 2.52. The summed E-state index contributed by atoms with van der Waals surface area (Å²) in [6.45, 7) is 7.65. The smallest absolute Gasteiger partial charge is 0.325 e. The summed E-state index contributed by atoms with van der Waals surface area (Å²) < 4.78 is 13.5. The van der Waals surface area contributed by atoms with Crippen molar-refractivity contribution < 1.29 is 14.3 Å². The number of carboxylic acid groups (broad SMARTS) is 1. The second-order valence-electron chi connectivity index (χ2n) is 9.06. The van der Waals surface area contributed by atoms with Crippen LogP contribution in [0.4, 0.5) is 4.39 Å². The maximum Gasteiger partial charge on any atom is 0.325 e. The topological polar surface area (TPSA) is 56.3 Å². The average Bonchev–Trinajstić information content (AvgIpc) is 2.97. The van der Waals surface area contributed by atoms with Gasteiger partial charge in [-0.2, -0.15) is 0 Å². The number of aromatic amines is 1. The number of nitrogens with zero attached hydrogens (tertiary/aromatic N) is 1. The molecule has 0 amide bonds. The number of carbonyl (C=O) groups is 1. The standard InChI is InChI=1S/C20H25FN2O2/c1-19(2)7-13-8-20(3,10-19)11-23(13)17(18(24)25)15-9-22-16-6-12(21)4-5-14(15)16/h4-6,9,13,17,22H,7-8,10-11H2,1-3H3,(H,24,25)/t13-,17+,20+/m0/s1. The first-order chi connectivity index (χ1) is 11.7. The van der Waals surface area contributed by atoms with Crippen LogP contribution in [-0.4, -0.2) is 33.5 Å². The maximum atomic E-state index is 13.5. The number of aliphatic carboxylic acids is 1. The summed E-state index contributed by atoms with van der Waals surface area (Å²) in [7, 11) is 0. The summed E-state index contributed by atoms with van der Waals surface area (Å²) in [5, 5.41) is 10.8. The molecule has 1 saturated heterocycles. The molecule has 1 aliphatic carbocycles. The molecule has 1 aromatic carbocycles. The van der Waals surface area contributed by atoms with Gasteiger partial charge >= 0.3 is 5.97 Å². The molecule has 2 bridgehead atoms. The zero-order valence-electron chi connectivity index (χ0n) is 15.0. The van der Waals surface area contributed by atoms with Crippen molar-refractivity contribution in [2.75, 3.05) is 6.54 Å². The average molecular weight is 344 g/mol. The number of fused-ring (bicyclic) bond motifs is 3. The first kappa shape index (κ1) is 16.6.